The topological polar surface area (TPSA) is 107 Å². The van der Waals surface area contributed by atoms with Crippen molar-refractivity contribution < 1.29 is 29.6 Å². The summed E-state index contributed by atoms with van der Waals surface area (Å²) < 4.78 is 6.43. The minimum Gasteiger partial charge on any atom is -0.508 e. The molecular weight excluding hydrogens is 494 g/mol. The van der Waals surface area contributed by atoms with Crippen LogP contribution in [-0.2, 0) is 24.2 Å². The Morgan fingerprint density at radius 1 is 1.15 bits per heavy atom. The van der Waals surface area contributed by atoms with Crippen LogP contribution in [-0.4, -0.2) is 49.8 Å². The fraction of sp³-hybridized carbons (Fsp3) is 0.438. The molecule has 0 fully saturated rings. The number of allylic oxidation sites excluding steroid dienone is 4. The molecule has 1 amide bonds. The van der Waals surface area contributed by atoms with Gasteiger partial charge in [-0.25, -0.2) is 4.79 Å². The second kappa shape index (κ2) is 11.7. The van der Waals surface area contributed by atoms with Gasteiger partial charge in [-0.1, -0.05) is 53.6 Å². The van der Waals surface area contributed by atoms with Crippen LogP contribution in [0.2, 0.25) is 0 Å². The van der Waals surface area contributed by atoms with Crippen molar-refractivity contribution >= 4 is 11.9 Å². The Morgan fingerprint density at radius 2 is 1.87 bits per heavy atom. The molecule has 7 heteroatoms. The predicted molar refractivity (Wildman–Crippen MR) is 150 cm³/mol. The van der Waals surface area contributed by atoms with E-state index in [4.69, 9.17) is 4.74 Å². The number of rotatable bonds is 10. The van der Waals surface area contributed by atoms with E-state index in [0.29, 0.717) is 29.7 Å². The first-order valence-electron chi connectivity index (χ1n) is 13.6. The highest BCUT2D eigenvalue weighted by Crippen LogP contribution is 2.46. The van der Waals surface area contributed by atoms with Crippen molar-refractivity contribution in [2.75, 3.05) is 0 Å². The number of carbonyl (C=O) groups excluding carboxylic acids is 1. The Hall–Kier alpha value is -3.58. The van der Waals surface area contributed by atoms with Crippen molar-refractivity contribution in [2.24, 2.45) is 0 Å². The molecule has 3 atom stereocenters. The van der Waals surface area contributed by atoms with Crippen LogP contribution in [0.1, 0.15) is 80.4 Å². The summed E-state index contributed by atoms with van der Waals surface area (Å²) in [6, 6.07) is 9.53. The van der Waals surface area contributed by atoms with Crippen LogP contribution in [0, 0.1) is 0 Å². The molecule has 2 heterocycles. The molecule has 0 saturated heterocycles. The zero-order chi connectivity index (χ0) is 28.3. The summed E-state index contributed by atoms with van der Waals surface area (Å²) in [4.78, 5) is 27.0. The number of phenolic OH excluding ortho intramolecular Hbond substituents is 1. The summed E-state index contributed by atoms with van der Waals surface area (Å²) in [5.41, 5.74) is 3.75. The summed E-state index contributed by atoms with van der Waals surface area (Å²) in [6.07, 6.45) is 7.15. The van der Waals surface area contributed by atoms with Crippen molar-refractivity contribution in [1.29, 1.82) is 0 Å². The van der Waals surface area contributed by atoms with Crippen molar-refractivity contribution in [3.63, 3.8) is 0 Å². The van der Waals surface area contributed by atoms with Gasteiger partial charge >= 0.3 is 5.97 Å². The quantitative estimate of drug-likeness (QED) is 0.345. The van der Waals surface area contributed by atoms with Crippen molar-refractivity contribution in [1.82, 2.24) is 4.90 Å². The summed E-state index contributed by atoms with van der Waals surface area (Å²) in [6.45, 7) is 8.20. The largest absolute Gasteiger partial charge is 0.508 e. The maximum Gasteiger partial charge on any atom is 0.326 e. The number of carboxylic acid groups (broad SMARTS) is 1. The average Bonchev–Trinajstić information content (AvgIpc) is 3.20. The van der Waals surface area contributed by atoms with E-state index in [0.717, 1.165) is 18.4 Å². The third kappa shape index (κ3) is 6.19. The highest BCUT2D eigenvalue weighted by Gasteiger charge is 2.45. The van der Waals surface area contributed by atoms with Gasteiger partial charge in [-0.15, -0.1) is 0 Å². The first-order valence-corrected chi connectivity index (χ1v) is 13.6. The number of carboxylic acids is 1. The van der Waals surface area contributed by atoms with E-state index in [1.807, 2.05) is 37.3 Å². The van der Waals surface area contributed by atoms with Crippen molar-refractivity contribution in [3.05, 3.63) is 82.0 Å². The number of fused-ring (bicyclic) bond motifs is 3. The first-order chi connectivity index (χ1) is 18.5. The van der Waals surface area contributed by atoms with Crippen molar-refractivity contribution in [2.45, 2.75) is 90.5 Å². The Morgan fingerprint density at radius 3 is 2.54 bits per heavy atom. The van der Waals surface area contributed by atoms with Gasteiger partial charge in [-0.05, 0) is 65.0 Å². The van der Waals surface area contributed by atoms with Gasteiger partial charge in [0.05, 0.1) is 18.2 Å². The molecule has 0 radical (unpaired) electrons. The van der Waals surface area contributed by atoms with E-state index in [2.05, 4.69) is 32.9 Å². The molecule has 39 heavy (non-hydrogen) atoms. The van der Waals surface area contributed by atoms with E-state index in [-0.39, 0.29) is 30.7 Å². The lowest BCUT2D eigenvalue weighted by Gasteiger charge is -2.41. The lowest BCUT2D eigenvalue weighted by atomic mass is 9.84. The van der Waals surface area contributed by atoms with Crippen LogP contribution in [0.5, 0.6) is 11.5 Å². The van der Waals surface area contributed by atoms with Gasteiger partial charge in [0.2, 0.25) is 0 Å². The SMILES string of the molecule is CC(C)=CCC/C(C)=C/CC[C@]1(C)Oc2c(c(O)cc3c2CN([C@@H](Cc2ccccc2)C(=O)O)C3=O)C[C@@H]1O. The minimum atomic E-state index is -1.09. The van der Waals surface area contributed by atoms with Gasteiger partial charge in [0, 0.05) is 24.0 Å². The van der Waals surface area contributed by atoms with Crippen LogP contribution in [0.15, 0.2) is 59.7 Å². The first kappa shape index (κ1) is 28.4. The number of carbonyl (C=O) groups is 2. The lowest BCUT2D eigenvalue weighted by Crippen LogP contribution is -2.49. The number of phenols is 1. The number of nitrogens with zero attached hydrogens (tertiary/aromatic N) is 1. The molecule has 2 aromatic carbocycles. The molecule has 4 rings (SSSR count). The van der Waals surface area contributed by atoms with E-state index in [1.165, 1.54) is 22.1 Å². The van der Waals surface area contributed by atoms with Crippen LogP contribution >= 0.6 is 0 Å². The van der Waals surface area contributed by atoms with Crippen LogP contribution < -0.4 is 4.74 Å². The minimum absolute atomic E-state index is 0.0656. The molecule has 0 spiro atoms. The maximum absolute atomic E-state index is 13.4. The number of aliphatic carboxylic acids is 1. The summed E-state index contributed by atoms with van der Waals surface area (Å²) >= 11 is 0. The number of hydrogen-bond acceptors (Lipinski definition) is 5. The standard InChI is InChI=1S/C32H39NO6/c1-20(2)10-8-11-21(3)12-9-15-32(4)28(35)18-24-27(34)17-23-25(29(24)39-32)19-33(30(23)36)26(31(37)38)16-22-13-6-5-7-14-22/h5-7,10,12-14,17,26,28,34-35H,8-9,11,15-16,18-19H2,1-4H3,(H,37,38)/b21-12+/t26-,28-,32-/m0/s1. The molecular formula is C32H39NO6. The molecule has 7 nitrogen and oxygen atoms in total. The summed E-state index contributed by atoms with van der Waals surface area (Å²) in [7, 11) is 0. The summed E-state index contributed by atoms with van der Waals surface area (Å²) in [5, 5.41) is 31.8. The number of aliphatic hydroxyl groups is 1. The zero-order valence-electron chi connectivity index (χ0n) is 23.2. The van der Waals surface area contributed by atoms with Gasteiger partial charge in [0.1, 0.15) is 23.1 Å². The molecule has 0 aliphatic carbocycles. The molecule has 0 aromatic heterocycles. The highest BCUT2D eigenvalue weighted by atomic mass is 16.5. The molecule has 3 N–H and O–H groups in total. The third-order valence-corrected chi connectivity index (χ3v) is 7.88. The second-order valence-electron chi connectivity index (χ2n) is 11.3. The average molecular weight is 534 g/mol. The van der Waals surface area contributed by atoms with Gasteiger partial charge in [-0.2, -0.15) is 0 Å². The Balaban J connectivity index is 1.56. The molecule has 0 bridgehead atoms. The molecule has 208 valence electrons. The second-order valence-corrected chi connectivity index (χ2v) is 11.3. The molecule has 2 aliphatic heterocycles. The Bertz CT molecular complexity index is 1290. The number of aliphatic hydroxyl groups excluding tert-OH is 1. The van der Waals surface area contributed by atoms with Gasteiger partial charge in [0.15, 0.2) is 0 Å². The number of aromatic hydroxyl groups is 1. The molecule has 2 aliphatic rings. The number of amides is 1. The summed E-state index contributed by atoms with van der Waals surface area (Å²) in [5.74, 6) is -1.27. The smallest absolute Gasteiger partial charge is 0.326 e. The zero-order valence-corrected chi connectivity index (χ0v) is 23.2. The van der Waals surface area contributed by atoms with E-state index < -0.39 is 29.6 Å². The third-order valence-electron chi connectivity index (χ3n) is 7.88. The normalized spacial score (nSPS) is 21.2. The number of hydrogen-bond donors (Lipinski definition) is 3. The predicted octanol–water partition coefficient (Wildman–Crippen LogP) is 5.57. The molecule has 0 saturated carbocycles. The number of ether oxygens (including phenoxy) is 1. The van der Waals surface area contributed by atoms with Crippen LogP contribution in [0.25, 0.3) is 0 Å². The van der Waals surface area contributed by atoms with E-state index in [9.17, 15) is 24.9 Å². The van der Waals surface area contributed by atoms with Crippen LogP contribution in [0.4, 0.5) is 0 Å². The highest BCUT2D eigenvalue weighted by molar-refractivity contribution is 6.02. The van der Waals surface area contributed by atoms with Crippen LogP contribution in [0.3, 0.4) is 0 Å². The maximum atomic E-state index is 13.4. The van der Waals surface area contributed by atoms with Crippen molar-refractivity contribution in [3.8, 4) is 11.5 Å². The molecule has 0 unspecified atom stereocenters. The van der Waals surface area contributed by atoms with Gasteiger partial charge in [-0.3, -0.25) is 4.79 Å². The lowest BCUT2D eigenvalue weighted by molar-refractivity contribution is -0.142. The van der Waals surface area contributed by atoms with E-state index >= 15 is 0 Å². The van der Waals surface area contributed by atoms with Gasteiger partial charge in [0.25, 0.3) is 5.91 Å². The molecule has 2 aromatic rings. The monoisotopic (exact) mass is 533 g/mol. The Kier molecular flexibility index (Phi) is 8.50. The number of benzene rings is 2. The fourth-order valence-electron chi connectivity index (χ4n) is 5.44. The fourth-order valence-corrected chi connectivity index (χ4v) is 5.44. The Labute approximate surface area is 230 Å². The van der Waals surface area contributed by atoms with Gasteiger partial charge < -0.3 is 25.0 Å². The van der Waals surface area contributed by atoms with E-state index in [1.54, 1.807) is 0 Å².